The lowest BCUT2D eigenvalue weighted by Gasteiger charge is -2.13. The molecule has 4 heteroatoms. The summed E-state index contributed by atoms with van der Waals surface area (Å²) in [6.07, 6.45) is 0. The van der Waals surface area contributed by atoms with Crippen LogP contribution in [-0.4, -0.2) is 0 Å². The van der Waals surface area contributed by atoms with Crippen LogP contribution >= 0.6 is 34.5 Å². The lowest BCUT2D eigenvalue weighted by atomic mass is 10.0. The van der Waals surface area contributed by atoms with Crippen LogP contribution in [0.4, 0.5) is 0 Å². The quantitative estimate of drug-likeness (QED) is 0.860. The maximum absolute atomic E-state index is 6.16. The molecule has 1 nitrogen and oxygen atoms in total. The molecule has 0 saturated carbocycles. The standard InChI is InChI=1S/C12H11Cl2NS/c1-7-5-8(6-16-7)12(15)9-3-2-4-10(13)11(9)14/h2-6,12H,15H2,1H3. The summed E-state index contributed by atoms with van der Waals surface area (Å²) in [5, 5.41) is 3.14. The van der Waals surface area contributed by atoms with E-state index in [4.69, 9.17) is 28.9 Å². The Balaban J connectivity index is 2.41. The zero-order valence-corrected chi connectivity index (χ0v) is 11.0. The maximum atomic E-state index is 6.16. The molecule has 0 aliphatic carbocycles. The van der Waals surface area contributed by atoms with Crippen molar-refractivity contribution < 1.29 is 0 Å². The second-order valence-corrected chi connectivity index (χ2v) is 5.51. The Bertz CT molecular complexity index is 507. The van der Waals surface area contributed by atoms with Crippen molar-refractivity contribution in [3.05, 3.63) is 55.7 Å². The van der Waals surface area contributed by atoms with Gasteiger partial charge < -0.3 is 5.73 Å². The smallest absolute Gasteiger partial charge is 0.0643 e. The molecule has 0 spiro atoms. The Morgan fingerprint density at radius 2 is 2.06 bits per heavy atom. The van der Waals surface area contributed by atoms with Gasteiger partial charge >= 0.3 is 0 Å². The van der Waals surface area contributed by atoms with Gasteiger partial charge in [0, 0.05) is 4.88 Å². The molecule has 1 heterocycles. The van der Waals surface area contributed by atoms with E-state index in [1.165, 1.54) is 4.88 Å². The van der Waals surface area contributed by atoms with E-state index in [1.54, 1.807) is 17.4 Å². The highest BCUT2D eigenvalue weighted by molar-refractivity contribution is 7.10. The fraction of sp³-hybridized carbons (Fsp3) is 0.167. The Kier molecular flexibility index (Phi) is 3.55. The summed E-state index contributed by atoms with van der Waals surface area (Å²) in [5.74, 6) is 0. The molecule has 0 saturated heterocycles. The minimum absolute atomic E-state index is 0.212. The van der Waals surface area contributed by atoms with Gasteiger partial charge in [-0.05, 0) is 35.6 Å². The molecule has 2 rings (SSSR count). The summed E-state index contributed by atoms with van der Waals surface area (Å²) in [4.78, 5) is 1.24. The summed E-state index contributed by atoms with van der Waals surface area (Å²) in [5.41, 5.74) is 8.11. The Morgan fingerprint density at radius 1 is 1.31 bits per heavy atom. The van der Waals surface area contributed by atoms with Gasteiger partial charge in [-0.3, -0.25) is 0 Å². The molecule has 0 fully saturated rings. The average molecular weight is 272 g/mol. The van der Waals surface area contributed by atoms with Crippen molar-refractivity contribution in [3.8, 4) is 0 Å². The van der Waals surface area contributed by atoms with Crippen molar-refractivity contribution in [1.29, 1.82) is 0 Å². The van der Waals surface area contributed by atoms with Crippen LogP contribution in [0.25, 0.3) is 0 Å². The minimum Gasteiger partial charge on any atom is -0.320 e. The number of rotatable bonds is 2. The molecule has 0 aliphatic rings. The van der Waals surface area contributed by atoms with E-state index in [2.05, 4.69) is 18.4 Å². The molecule has 0 amide bonds. The monoisotopic (exact) mass is 271 g/mol. The average Bonchev–Trinajstić information content (AvgIpc) is 2.68. The van der Waals surface area contributed by atoms with E-state index in [-0.39, 0.29) is 6.04 Å². The van der Waals surface area contributed by atoms with Gasteiger partial charge in [0.1, 0.15) is 0 Å². The lowest BCUT2D eigenvalue weighted by Crippen LogP contribution is -2.11. The van der Waals surface area contributed by atoms with Crippen LogP contribution in [0.1, 0.15) is 22.0 Å². The van der Waals surface area contributed by atoms with Crippen LogP contribution in [0.3, 0.4) is 0 Å². The molecule has 2 N–H and O–H groups in total. The molecule has 2 aromatic rings. The lowest BCUT2D eigenvalue weighted by molar-refractivity contribution is 0.876. The van der Waals surface area contributed by atoms with E-state index in [9.17, 15) is 0 Å². The maximum Gasteiger partial charge on any atom is 0.0643 e. The molecule has 0 aliphatic heterocycles. The normalized spacial score (nSPS) is 12.8. The van der Waals surface area contributed by atoms with Crippen molar-refractivity contribution in [2.24, 2.45) is 5.73 Å². The number of aryl methyl sites for hydroxylation is 1. The fourth-order valence-corrected chi connectivity index (χ4v) is 2.73. The van der Waals surface area contributed by atoms with Gasteiger partial charge in [0.05, 0.1) is 16.1 Å². The first-order chi connectivity index (χ1) is 7.59. The molecule has 84 valence electrons. The molecule has 16 heavy (non-hydrogen) atoms. The third-order valence-corrected chi connectivity index (χ3v) is 4.14. The highest BCUT2D eigenvalue weighted by Gasteiger charge is 2.14. The predicted octanol–water partition coefficient (Wildman–Crippen LogP) is 4.41. The van der Waals surface area contributed by atoms with Gasteiger partial charge in [-0.1, -0.05) is 35.3 Å². The zero-order chi connectivity index (χ0) is 11.7. The SMILES string of the molecule is Cc1cc(C(N)c2cccc(Cl)c2Cl)cs1. The predicted molar refractivity (Wildman–Crippen MR) is 71.5 cm³/mol. The number of hydrogen-bond donors (Lipinski definition) is 1. The zero-order valence-electron chi connectivity index (χ0n) is 8.71. The second kappa shape index (κ2) is 4.76. The summed E-state index contributed by atoms with van der Waals surface area (Å²) < 4.78 is 0. The van der Waals surface area contributed by atoms with Crippen molar-refractivity contribution in [3.63, 3.8) is 0 Å². The van der Waals surface area contributed by atoms with Crippen LogP contribution in [0.15, 0.2) is 29.6 Å². The highest BCUT2D eigenvalue weighted by Crippen LogP contribution is 2.33. The second-order valence-electron chi connectivity index (χ2n) is 3.61. The Hall–Kier alpha value is -0.540. The first-order valence-corrected chi connectivity index (χ1v) is 6.47. The van der Waals surface area contributed by atoms with Crippen molar-refractivity contribution in [1.82, 2.24) is 0 Å². The Morgan fingerprint density at radius 3 is 2.69 bits per heavy atom. The number of benzene rings is 1. The van der Waals surface area contributed by atoms with Gasteiger partial charge in [0.25, 0.3) is 0 Å². The molecule has 1 unspecified atom stereocenters. The van der Waals surface area contributed by atoms with Crippen LogP contribution < -0.4 is 5.73 Å². The van der Waals surface area contributed by atoms with E-state index >= 15 is 0 Å². The number of hydrogen-bond acceptors (Lipinski definition) is 2. The van der Waals surface area contributed by atoms with E-state index in [0.717, 1.165) is 11.1 Å². The third-order valence-electron chi connectivity index (χ3n) is 2.43. The summed E-state index contributed by atoms with van der Waals surface area (Å²) in [6, 6.07) is 7.40. The molecular formula is C12H11Cl2NS. The first kappa shape index (κ1) is 11.9. The molecule has 1 aromatic carbocycles. The van der Waals surface area contributed by atoms with Gasteiger partial charge in [-0.25, -0.2) is 0 Å². The highest BCUT2D eigenvalue weighted by atomic mass is 35.5. The van der Waals surface area contributed by atoms with Crippen LogP contribution in [-0.2, 0) is 0 Å². The molecular weight excluding hydrogens is 261 g/mol. The van der Waals surface area contributed by atoms with Crippen molar-refractivity contribution >= 4 is 34.5 Å². The fourth-order valence-electron chi connectivity index (χ4n) is 1.57. The molecule has 0 radical (unpaired) electrons. The van der Waals surface area contributed by atoms with Crippen LogP contribution in [0.2, 0.25) is 10.0 Å². The van der Waals surface area contributed by atoms with Crippen molar-refractivity contribution in [2.75, 3.05) is 0 Å². The summed E-state index contributed by atoms with van der Waals surface area (Å²) in [7, 11) is 0. The molecule has 1 aromatic heterocycles. The number of thiophene rings is 1. The van der Waals surface area contributed by atoms with Gasteiger partial charge in [0.15, 0.2) is 0 Å². The largest absolute Gasteiger partial charge is 0.320 e. The molecule has 1 atom stereocenters. The van der Waals surface area contributed by atoms with E-state index in [0.29, 0.717) is 10.0 Å². The van der Waals surface area contributed by atoms with Crippen LogP contribution in [0, 0.1) is 6.92 Å². The first-order valence-electron chi connectivity index (χ1n) is 4.84. The topological polar surface area (TPSA) is 26.0 Å². The van der Waals surface area contributed by atoms with Crippen LogP contribution in [0.5, 0.6) is 0 Å². The summed E-state index contributed by atoms with van der Waals surface area (Å²) in [6.45, 7) is 2.06. The Labute approximate surface area is 109 Å². The number of nitrogens with two attached hydrogens (primary N) is 1. The molecule has 0 bridgehead atoms. The summed E-state index contributed by atoms with van der Waals surface area (Å²) >= 11 is 13.8. The van der Waals surface area contributed by atoms with E-state index < -0.39 is 0 Å². The number of halogens is 2. The van der Waals surface area contributed by atoms with Gasteiger partial charge in [-0.2, -0.15) is 0 Å². The van der Waals surface area contributed by atoms with Gasteiger partial charge in [-0.15, -0.1) is 11.3 Å². The minimum atomic E-state index is -0.212. The van der Waals surface area contributed by atoms with Crippen molar-refractivity contribution in [2.45, 2.75) is 13.0 Å². The third kappa shape index (κ3) is 2.25. The van der Waals surface area contributed by atoms with E-state index in [1.807, 2.05) is 12.1 Å². The van der Waals surface area contributed by atoms with Gasteiger partial charge in [0.2, 0.25) is 0 Å².